The maximum atomic E-state index is 12.2. The maximum absolute atomic E-state index is 12.2. The first-order valence-corrected chi connectivity index (χ1v) is 9.50. The molecule has 0 spiro atoms. The van der Waals surface area contributed by atoms with Crippen LogP contribution in [0.25, 0.3) is 0 Å². The highest BCUT2D eigenvalue weighted by molar-refractivity contribution is 8.15. The summed E-state index contributed by atoms with van der Waals surface area (Å²) < 4.78 is 10.6. The van der Waals surface area contributed by atoms with Crippen molar-refractivity contribution in [2.45, 2.75) is 6.42 Å². The Bertz CT molecular complexity index is 853. The van der Waals surface area contributed by atoms with Crippen LogP contribution in [-0.2, 0) is 11.2 Å². The molecule has 2 aromatic rings. The van der Waals surface area contributed by atoms with Gasteiger partial charge in [-0.1, -0.05) is 48.2 Å². The molecule has 1 aliphatic heterocycles. The largest absolute Gasteiger partial charge is 0.493 e. The Morgan fingerprint density at radius 1 is 1.11 bits per heavy atom. The van der Waals surface area contributed by atoms with Crippen LogP contribution < -0.4 is 9.47 Å². The molecule has 0 aliphatic carbocycles. The van der Waals surface area contributed by atoms with Crippen molar-refractivity contribution in [2.24, 2.45) is 10.2 Å². The molecule has 0 atom stereocenters. The van der Waals surface area contributed by atoms with Crippen molar-refractivity contribution in [3.8, 4) is 11.5 Å². The van der Waals surface area contributed by atoms with Crippen LogP contribution in [0.15, 0.2) is 58.7 Å². The standard InChI is InChI=1S/C20H21N3O3S/c1-25-17-9-8-15(12-18(17)26-2)10-11-23-19(24)14-27-20(23)22-21-13-16-6-4-3-5-7-16/h3-9,12-13H,10-11,14H2,1-2H3/b21-13-,22-20-. The van der Waals surface area contributed by atoms with E-state index in [9.17, 15) is 4.79 Å². The molecule has 1 aliphatic rings. The number of amides is 1. The van der Waals surface area contributed by atoms with Crippen LogP contribution in [0.4, 0.5) is 0 Å². The van der Waals surface area contributed by atoms with Crippen LogP contribution in [0.1, 0.15) is 11.1 Å². The molecule has 1 amide bonds. The lowest BCUT2D eigenvalue weighted by Gasteiger charge is -2.15. The average molecular weight is 383 g/mol. The molecular formula is C20H21N3O3S. The summed E-state index contributed by atoms with van der Waals surface area (Å²) in [5.41, 5.74) is 2.03. The Morgan fingerprint density at radius 2 is 1.89 bits per heavy atom. The van der Waals surface area contributed by atoms with Gasteiger partial charge in [0.15, 0.2) is 16.7 Å². The zero-order valence-corrected chi connectivity index (χ0v) is 16.1. The molecule has 0 aromatic heterocycles. The van der Waals surface area contributed by atoms with Crippen LogP contribution in [0.2, 0.25) is 0 Å². The molecule has 6 nitrogen and oxygen atoms in total. The van der Waals surface area contributed by atoms with E-state index in [1.165, 1.54) is 11.8 Å². The summed E-state index contributed by atoms with van der Waals surface area (Å²) in [7, 11) is 3.22. The summed E-state index contributed by atoms with van der Waals surface area (Å²) in [5, 5.41) is 8.99. The van der Waals surface area contributed by atoms with Crippen LogP contribution >= 0.6 is 11.8 Å². The second-order valence-electron chi connectivity index (χ2n) is 5.81. The Labute approximate surface area is 162 Å². The fourth-order valence-electron chi connectivity index (χ4n) is 2.65. The van der Waals surface area contributed by atoms with E-state index >= 15 is 0 Å². The molecule has 7 heteroatoms. The summed E-state index contributed by atoms with van der Waals surface area (Å²) in [5.74, 6) is 1.81. The van der Waals surface area contributed by atoms with Gasteiger partial charge in [0.05, 0.1) is 26.2 Å². The van der Waals surface area contributed by atoms with E-state index in [0.29, 0.717) is 35.4 Å². The van der Waals surface area contributed by atoms with Gasteiger partial charge in [-0.25, -0.2) is 0 Å². The monoisotopic (exact) mass is 383 g/mol. The molecule has 0 saturated carbocycles. The van der Waals surface area contributed by atoms with Gasteiger partial charge in [-0.05, 0) is 29.7 Å². The Morgan fingerprint density at radius 3 is 2.63 bits per heavy atom. The number of rotatable bonds is 7. The lowest BCUT2D eigenvalue weighted by Crippen LogP contribution is -2.31. The van der Waals surface area contributed by atoms with Crippen molar-refractivity contribution >= 4 is 29.1 Å². The molecule has 0 radical (unpaired) electrons. The van der Waals surface area contributed by atoms with Crippen LogP contribution in [-0.4, -0.2) is 48.7 Å². The number of benzene rings is 2. The predicted molar refractivity (Wildman–Crippen MR) is 109 cm³/mol. The lowest BCUT2D eigenvalue weighted by atomic mass is 10.1. The number of nitrogens with zero attached hydrogens (tertiary/aromatic N) is 3. The Kier molecular flexibility index (Phi) is 6.49. The number of methoxy groups -OCH3 is 2. The van der Waals surface area contributed by atoms with E-state index in [0.717, 1.165) is 11.1 Å². The van der Waals surface area contributed by atoms with Gasteiger partial charge >= 0.3 is 0 Å². The van der Waals surface area contributed by atoms with Crippen molar-refractivity contribution in [1.82, 2.24) is 4.90 Å². The van der Waals surface area contributed by atoms with Crippen LogP contribution in [0, 0.1) is 0 Å². The maximum Gasteiger partial charge on any atom is 0.239 e. The summed E-state index contributed by atoms with van der Waals surface area (Å²) in [6.45, 7) is 0.543. The molecular weight excluding hydrogens is 362 g/mol. The molecule has 0 N–H and O–H groups in total. The van der Waals surface area contributed by atoms with Crippen molar-refractivity contribution in [3.63, 3.8) is 0 Å². The first-order valence-electron chi connectivity index (χ1n) is 8.51. The number of hydrogen-bond acceptors (Lipinski definition) is 6. The highest BCUT2D eigenvalue weighted by atomic mass is 32.2. The van der Waals surface area contributed by atoms with Crippen molar-refractivity contribution in [3.05, 3.63) is 59.7 Å². The Hall–Kier alpha value is -2.80. The summed E-state index contributed by atoms with van der Waals surface area (Å²) in [4.78, 5) is 13.9. The van der Waals surface area contributed by atoms with Crippen molar-refractivity contribution in [1.29, 1.82) is 0 Å². The average Bonchev–Trinajstić information content (AvgIpc) is 3.06. The van der Waals surface area contributed by atoms with E-state index in [1.54, 1.807) is 25.3 Å². The highest BCUT2D eigenvalue weighted by Gasteiger charge is 2.28. The number of ether oxygens (including phenoxy) is 2. The number of thioether (sulfide) groups is 1. The second-order valence-corrected chi connectivity index (χ2v) is 6.75. The molecule has 2 aromatic carbocycles. The van der Waals surface area contributed by atoms with Crippen molar-refractivity contribution < 1.29 is 14.3 Å². The molecule has 1 fully saturated rings. The Balaban J connectivity index is 1.66. The first kappa shape index (κ1) is 19.0. The summed E-state index contributed by atoms with van der Waals surface area (Å²) in [6, 6.07) is 15.5. The highest BCUT2D eigenvalue weighted by Crippen LogP contribution is 2.28. The normalized spacial score (nSPS) is 15.7. The smallest absolute Gasteiger partial charge is 0.239 e. The minimum absolute atomic E-state index is 0.0501. The van der Waals surface area contributed by atoms with Crippen LogP contribution in [0.5, 0.6) is 11.5 Å². The zero-order chi connectivity index (χ0) is 19.1. The van der Waals surface area contributed by atoms with Gasteiger partial charge < -0.3 is 9.47 Å². The minimum atomic E-state index is 0.0501. The third-order valence-electron chi connectivity index (χ3n) is 4.08. The number of carbonyl (C=O) groups excluding carboxylic acids is 1. The lowest BCUT2D eigenvalue weighted by molar-refractivity contribution is -0.124. The third kappa shape index (κ3) is 4.89. The zero-order valence-electron chi connectivity index (χ0n) is 15.3. The first-order chi connectivity index (χ1) is 13.2. The number of hydrogen-bond donors (Lipinski definition) is 0. The van der Waals surface area contributed by atoms with Gasteiger partial charge in [-0.15, -0.1) is 5.10 Å². The summed E-state index contributed by atoms with van der Waals surface area (Å²) in [6.07, 6.45) is 2.37. The molecule has 27 heavy (non-hydrogen) atoms. The molecule has 0 unspecified atom stereocenters. The van der Waals surface area contributed by atoms with Gasteiger partial charge in [0, 0.05) is 6.54 Å². The SMILES string of the molecule is COc1ccc(CCN2C(=O)CS/C2=N\N=C/c2ccccc2)cc1OC. The number of amidine groups is 1. The van der Waals surface area contributed by atoms with Crippen LogP contribution in [0.3, 0.4) is 0 Å². The number of carbonyl (C=O) groups is 1. The van der Waals surface area contributed by atoms with E-state index in [2.05, 4.69) is 10.2 Å². The third-order valence-corrected chi connectivity index (χ3v) is 5.03. The van der Waals surface area contributed by atoms with Gasteiger partial charge in [-0.3, -0.25) is 9.69 Å². The molecule has 0 bridgehead atoms. The van der Waals surface area contributed by atoms with E-state index in [4.69, 9.17) is 9.47 Å². The van der Waals surface area contributed by atoms with E-state index in [1.807, 2.05) is 48.5 Å². The van der Waals surface area contributed by atoms with Gasteiger partial charge in [0.25, 0.3) is 0 Å². The quantitative estimate of drug-likeness (QED) is 0.544. The summed E-state index contributed by atoms with van der Waals surface area (Å²) >= 11 is 1.41. The topological polar surface area (TPSA) is 63.5 Å². The predicted octanol–water partition coefficient (Wildman–Crippen LogP) is 3.21. The fraction of sp³-hybridized carbons (Fsp3) is 0.250. The molecule has 1 heterocycles. The van der Waals surface area contributed by atoms with E-state index < -0.39 is 0 Å². The minimum Gasteiger partial charge on any atom is -0.493 e. The molecule has 140 valence electrons. The second kappa shape index (κ2) is 9.23. The van der Waals surface area contributed by atoms with Gasteiger partial charge in [0.1, 0.15) is 0 Å². The van der Waals surface area contributed by atoms with Gasteiger partial charge in [0.2, 0.25) is 5.91 Å². The van der Waals surface area contributed by atoms with E-state index in [-0.39, 0.29) is 5.91 Å². The van der Waals surface area contributed by atoms with Gasteiger partial charge in [-0.2, -0.15) is 5.10 Å². The molecule has 3 rings (SSSR count). The molecule has 1 saturated heterocycles. The van der Waals surface area contributed by atoms with Crippen molar-refractivity contribution in [2.75, 3.05) is 26.5 Å². The fourth-order valence-corrected chi connectivity index (χ4v) is 3.52.